The highest BCUT2D eigenvalue weighted by Crippen LogP contribution is 2.30. The number of hydrogen-bond acceptors (Lipinski definition) is 2. The van der Waals surface area contributed by atoms with E-state index in [1.165, 1.54) is 12.8 Å². The van der Waals surface area contributed by atoms with Crippen molar-refractivity contribution < 1.29 is 4.74 Å². The Hall–Kier alpha value is 0.230. The molecule has 14 heavy (non-hydrogen) atoms. The summed E-state index contributed by atoms with van der Waals surface area (Å²) in [4.78, 5) is 3.96. The van der Waals surface area contributed by atoms with Gasteiger partial charge in [-0.05, 0) is 34.7 Å². The maximum atomic E-state index is 5.90. The van der Waals surface area contributed by atoms with Gasteiger partial charge in [0.25, 0.3) is 0 Å². The predicted octanol–water partition coefficient (Wildman–Crippen LogP) is 3.34. The van der Waals surface area contributed by atoms with Crippen molar-refractivity contribution in [2.45, 2.75) is 19.6 Å². The minimum atomic E-state index is 0.300. The zero-order valence-electron chi connectivity index (χ0n) is 7.34. The normalized spacial score (nSPS) is 16.2. The van der Waals surface area contributed by atoms with Crippen molar-refractivity contribution >= 4 is 39.1 Å². The van der Waals surface area contributed by atoms with Crippen LogP contribution >= 0.6 is 39.1 Å². The van der Waals surface area contributed by atoms with Gasteiger partial charge in [-0.1, -0.05) is 23.2 Å². The molecule has 3 nitrogen and oxygen atoms in total. The molecule has 0 saturated heterocycles. The predicted molar refractivity (Wildman–Crippen MR) is 58.6 cm³/mol. The first-order chi connectivity index (χ1) is 6.68. The molecular weight excluding hydrogens is 291 g/mol. The van der Waals surface area contributed by atoms with Crippen molar-refractivity contribution in [3.63, 3.8) is 0 Å². The van der Waals surface area contributed by atoms with Gasteiger partial charge in [-0.3, -0.25) is 4.57 Å². The van der Waals surface area contributed by atoms with Crippen LogP contribution in [0, 0.1) is 5.92 Å². The Kier molecular flexibility index (Phi) is 3.37. The lowest BCUT2D eigenvalue weighted by molar-refractivity contribution is 0.0677. The van der Waals surface area contributed by atoms with E-state index in [0.717, 1.165) is 12.5 Å². The van der Waals surface area contributed by atoms with Gasteiger partial charge in [-0.25, -0.2) is 4.98 Å². The quantitative estimate of drug-likeness (QED) is 0.852. The molecular formula is C8H9BrCl2N2O. The van der Waals surface area contributed by atoms with Crippen LogP contribution in [0.1, 0.15) is 12.8 Å². The van der Waals surface area contributed by atoms with Gasteiger partial charge in [0.2, 0.25) is 0 Å². The molecule has 0 amide bonds. The summed E-state index contributed by atoms with van der Waals surface area (Å²) >= 11 is 14.9. The third-order valence-corrected chi connectivity index (χ3v) is 3.44. The molecule has 78 valence electrons. The van der Waals surface area contributed by atoms with E-state index in [-0.39, 0.29) is 0 Å². The Bertz CT molecular complexity index is 338. The van der Waals surface area contributed by atoms with Crippen LogP contribution in [-0.4, -0.2) is 16.2 Å². The molecule has 1 aliphatic rings. The van der Waals surface area contributed by atoms with Gasteiger partial charge in [0.1, 0.15) is 6.73 Å². The second-order valence-electron chi connectivity index (χ2n) is 3.33. The smallest absolute Gasteiger partial charge is 0.181 e. The molecule has 1 fully saturated rings. The number of halogens is 3. The van der Waals surface area contributed by atoms with Crippen LogP contribution in [-0.2, 0) is 11.5 Å². The summed E-state index contributed by atoms with van der Waals surface area (Å²) in [6.45, 7) is 1.19. The summed E-state index contributed by atoms with van der Waals surface area (Å²) < 4.78 is 7.76. The SMILES string of the molecule is Clc1nc(Br)n(COCC2CC2)c1Cl. The van der Waals surface area contributed by atoms with E-state index in [2.05, 4.69) is 20.9 Å². The number of aromatic nitrogens is 2. The zero-order valence-corrected chi connectivity index (χ0v) is 10.4. The maximum absolute atomic E-state index is 5.90. The Morgan fingerprint density at radius 1 is 1.50 bits per heavy atom. The van der Waals surface area contributed by atoms with Crippen LogP contribution in [0.5, 0.6) is 0 Å². The van der Waals surface area contributed by atoms with Crippen molar-refractivity contribution in [3.05, 3.63) is 15.0 Å². The lowest BCUT2D eigenvalue weighted by atomic mass is 10.5. The number of ether oxygens (including phenoxy) is 1. The molecule has 6 heteroatoms. The molecule has 0 aliphatic heterocycles. The summed E-state index contributed by atoms with van der Waals surface area (Å²) in [6, 6.07) is 0. The molecule has 0 radical (unpaired) electrons. The zero-order chi connectivity index (χ0) is 10.1. The van der Waals surface area contributed by atoms with E-state index < -0.39 is 0 Å². The molecule has 1 aliphatic carbocycles. The van der Waals surface area contributed by atoms with Gasteiger partial charge in [-0.2, -0.15) is 0 Å². The van der Waals surface area contributed by atoms with Crippen LogP contribution < -0.4 is 0 Å². The van der Waals surface area contributed by atoms with Crippen molar-refractivity contribution in [3.8, 4) is 0 Å². The standard InChI is InChI=1S/C8H9BrCl2N2O/c9-8-12-6(10)7(11)13(8)4-14-3-5-1-2-5/h5H,1-4H2. The van der Waals surface area contributed by atoms with E-state index >= 15 is 0 Å². The second-order valence-corrected chi connectivity index (χ2v) is 4.76. The maximum Gasteiger partial charge on any atom is 0.181 e. The summed E-state index contributed by atoms with van der Waals surface area (Å²) in [7, 11) is 0. The van der Waals surface area contributed by atoms with Crippen LogP contribution in [0.3, 0.4) is 0 Å². The van der Waals surface area contributed by atoms with Crippen LogP contribution in [0.2, 0.25) is 10.3 Å². The molecule has 1 heterocycles. The first-order valence-corrected chi connectivity index (χ1v) is 5.88. The Balaban J connectivity index is 1.93. The van der Waals surface area contributed by atoms with Crippen LogP contribution in [0.15, 0.2) is 4.73 Å². The van der Waals surface area contributed by atoms with Gasteiger partial charge >= 0.3 is 0 Å². The Labute approximate surface area is 100 Å². The number of nitrogens with zero attached hydrogens (tertiary/aromatic N) is 2. The van der Waals surface area contributed by atoms with Gasteiger partial charge in [0.15, 0.2) is 15.0 Å². The monoisotopic (exact) mass is 298 g/mol. The average molecular weight is 300 g/mol. The molecule has 0 unspecified atom stereocenters. The first-order valence-electron chi connectivity index (χ1n) is 4.33. The minimum absolute atomic E-state index is 0.300. The largest absolute Gasteiger partial charge is 0.360 e. The van der Waals surface area contributed by atoms with Gasteiger partial charge < -0.3 is 4.74 Å². The number of hydrogen-bond donors (Lipinski definition) is 0. The highest BCUT2D eigenvalue weighted by Gasteiger charge is 2.21. The third-order valence-electron chi connectivity index (χ3n) is 2.09. The van der Waals surface area contributed by atoms with E-state index in [1.54, 1.807) is 4.57 Å². The first kappa shape index (κ1) is 10.7. The third kappa shape index (κ3) is 2.42. The molecule has 0 N–H and O–H groups in total. The fourth-order valence-electron chi connectivity index (χ4n) is 1.08. The average Bonchev–Trinajstić information content (AvgIpc) is 2.90. The number of imidazole rings is 1. The van der Waals surface area contributed by atoms with Crippen molar-refractivity contribution in [1.82, 2.24) is 9.55 Å². The topological polar surface area (TPSA) is 27.1 Å². The second kappa shape index (κ2) is 4.39. The summed E-state index contributed by atoms with van der Waals surface area (Å²) in [6.07, 6.45) is 2.55. The lowest BCUT2D eigenvalue weighted by Gasteiger charge is -2.06. The Morgan fingerprint density at radius 2 is 2.21 bits per heavy atom. The van der Waals surface area contributed by atoms with Crippen molar-refractivity contribution in [2.75, 3.05) is 6.61 Å². The van der Waals surface area contributed by atoms with E-state index in [4.69, 9.17) is 27.9 Å². The molecule has 0 bridgehead atoms. The Morgan fingerprint density at radius 3 is 2.71 bits per heavy atom. The molecule has 0 spiro atoms. The van der Waals surface area contributed by atoms with Crippen LogP contribution in [0.25, 0.3) is 0 Å². The lowest BCUT2D eigenvalue weighted by Crippen LogP contribution is -2.05. The van der Waals surface area contributed by atoms with Gasteiger partial charge in [0.05, 0.1) is 6.61 Å². The molecule has 1 aromatic heterocycles. The molecule has 0 atom stereocenters. The fraction of sp³-hybridized carbons (Fsp3) is 0.625. The fourth-order valence-corrected chi connectivity index (χ4v) is 2.10. The van der Waals surface area contributed by atoms with E-state index in [1.807, 2.05) is 0 Å². The van der Waals surface area contributed by atoms with Gasteiger partial charge in [0, 0.05) is 0 Å². The van der Waals surface area contributed by atoms with Crippen molar-refractivity contribution in [2.24, 2.45) is 5.92 Å². The van der Waals surface area contributed by atoms with Crippen LogP contribution in [0.4, 0.5) is 0 Å². The number of rotatable bonds is 4. The molecule has 1 aromatic rings. The summed E-state index contributed by atoms with van der Waals surface area (Å²) in [5.41, 5.74) is 0. The van der Waals surface area contributed by atoms with Crippen molar-refractivity contribution in [1.29, 1.82) is 0 Å². The molecule has 2 rings (SSSR count). The van der Waals surface area contributed by atoms with Gasteiger partial charge in [-0.15, -0.1) is 0 Å². The summed E-state index contributed by atoms with van der Waals surface area (Å²) in [5.74, 6) is 0.742. The highest BCUT2D eigenvalue weighted by molar-refractivity contribution is 9.10. The summed E-state index contributed by atoms with van der Waals surface area (Å²) in [5, 5.41) is 0.711. The molecule has 0 aromatic carbocycles. The minimum Gasteiger partial charge on any atom is -0.360 e. The molecule has 1 saturated carbocycles. The van der Waals surface area contributed by atoms with E-state index in [9.17, 15) is 0 Å². The van der Waals surface area contributed by atoms with E-state index in [0.29, 0.717) is 21.8 Å². The highest BCUT2D eigenvalue weighted by atomic mass is 79.9.